The van der Waals surface area contributed by atoms with Crippen LogP contribution < -0.4 is 15.4 Å². The van der Waals surface area contributed by atoms with Gasteiger partial charge in [0.1, 0.15) is 5.75 Å². The van der Waals surface area contributed by atoms with Crippen LogP contribution in [-0.2, 0) is 16.0 Å². The molecule has 2 amide bonds. The molecule has 2 aromatic carbocycles. The van der Waals surface area contributed by atoms with E-state index in [1.54, 1.807) is 49.6 Å². The van der Waals surface area contributed by atoms with Crippen molar-refractivity contribution >= 4 is 29.1 Å². The third-order valence-corrected chi connectivity index (χ3v) is 3.85. The summed E-state index contributed by atoms with van der Waals surface area (Å²) in [7, 11) is 3.07. The van der Waals surface area contributed by atoms with Gasteiger partial charge in [-0.3, -0.25) is 9.59 Å². The van der Waals surface area contributed by atoms with E-state index < -0.39 is 0 Å². The molecule has 0 aliphatic heterocycles. The van der Waals surface area contributed by atoms with Crippen molar-refractivity contribution in [2.24, 2.45) is 0 Å². The van der Waals surface area contributed by atoms with E-state index in [0.717, 1.165) is 5.56 Å². The maximum Gasteiger partial charge on any atom is 0.259 e. The molecule has 2 aromatic rings. The highest BCUT2D eigenvalue weighted by atomic mass is 35.5. The van der Waals surface area contributed by atoms with Crippen molar-refractivity contribution in [1.82, 2.24) is 5.32 Å². The van der Waals surface area contributed by atoms with Crippen LogP contribution in [0.3, 0.4) is 0 Å². The van der Waals surface area contributed by atoms with Gasteiger partial charge in [0, 0.05) is 24.4 Å². The monoisotopic (exact) mass is 376 g/mol. The highest BCUT2D eigenvalue weighted by Gasteiger charge is 2.13. The molecule has 2 rings (SSSR count). The highest BCUT2D eigenvalue weighted by molar-refractivity contribution is 6.31. The molecular formula is C19H21ClN2O4. The smallest absolute Gasteiger partial charge is 0.259 e. The number of carbonyl (C=O) groups is 2. The number of ether oxygens (including phenoxy) is 2. The van der Waals surface area contributed by atoms with E-state index in [-0.39, 0.29) is 18.2 Å². The molecule has 6 nitrogen and oxygen atoms in total. The largest absolute Gasteiger partial charge is 0.496 e. The molecule has 0 aliphatic rings. The molecule has 0 spiro atoms. The first-order valence-corrected chi connectivity index (χ1v) is 8.40. The van der Waals surface area contributed by atoms with Crippen molar-refractivity contribution in [2.75, 3.05) is 32.7 Å². The van der Waals surface area contributed by atoms with E-state index in [1.165, 1.54) is 7.11 Å². The molecule has 0 bridgehead atoms. The van der Waals surface area contributed by atoms with Crippen molar-refractivity contribution < 1.29 is 19.1 Å². The predicted molar refractivity (Wildman–Crippen MR) is 101 cm³/mol. The Labute approximate surface area is 157 Å². The van der Waals surface area contributed by atoms with Crippen LogP contribution in [0.5, 0.6) is 5.75 Å². The van der Waals surface area contributed by atoms with Crippen molar-refractivity contribution in [3.63, 3.8) is 0 Å². The van der Waals surface area contributed by atoms with Crippen LogP contribution in [0, 0.1) is 0 Å². The molecule has 0 saturated heterocycles. The number of hydrogen-bond donors (Lipinski definition) is 2. The minimum Gasteiger partial charge on any atom is -0.496 e. The van der Waals surface area contributed by atoms with Gasteiger partial charge in [0.25, 0.3) is 5.91 Å². The SMILES string of the molecule is COCCNC(=O)Cc1ccc(NC(=O)c2cc(Cl)ccc2OC)cc1. The van der Waals surface area contributed by atoms with Crippen LogP contribution in [0.15, 0.2) is 42.5 Å². The average molecular weight is 377 g/mol. The van der Waals surface area contributed by atoms with E-state index in [4.69, 9.17) is 21.1 Å². The second-order valence-electron chi connectivity index (χ2n) is 5.52. The molecule has 0 unspecified atom stereocenters. The van der Waals surface area contributed by atoms with Crippen molar-refractivity contribution in [3.05, 3.63) is 58.6 Å². The van der Waals surface area contributed by atoms with Crippen LogP contribution in [0.4, 0.5) is 5.69 Å². The molecule has 0 saturated carbocycles. The van der Waals surface area contributed by atoms with E-state index in [9.17, 15) is 9.59 Å². The first-order valence-electron chi connectivity index (χ1n) is 8.03. The Hall–Kier alpha value is -2.57. The third-order valence-electron chi connectivity index (χ3n) is 3.61. The van der Waals surface area contributed by atoms with Gasteiger partial charge in [-0.2, -0.15) is 0 Å². The zero-order valence-electron chi connectivity index (χ0n) is 14.7. The van der Waals surface area contributed by atoms with Crippen LogP contribution in [0.1, 0.15) is 15.9 Å². The number of anilines is 1. The van der Waals surface area contributed by atoms with Gasteiger partial charge >= 0.3 is 0 Å². The fourth-order valence-corrected chi connectivity index (χ4v) is 2.47. The Kier molecular flexibility index (Phi) is 7.44. The van der Waals surface area contributed by atoms with E-state index in [2.05, 4.69) is 10.6 Å². The molecule has 0 aliphatic carbocycles. The maximum absolute atomic E-state index is 12.4. The number of methoxy groups -OCH3 is 2. The van der Waals surface area contributed by atoms with Gasteiger partial charge in [-0.05, 0) is 35.9 Å². The van der Waals surface area contributed by atoms with E-state index in [0.29, 0.717) is 35.2 Å². The Morgan fingerprint density at radius 3 is 2.46 bits per heavy atom. The molecule has 0 heterocycles. The lowest BCUT2D eigenvalue weighted by atomic mass is 10.1. The van der Waals surface area contributed by atoms with Crippen LogP contribution >= 0.6 is 11.6 Å². The summed E-state index contributed by atoms with van der Waals surface area (Å²) in [5, 5.41) is 6.00. The minimum atomic E-state index is -0.325. The highest BCUT2D eigenvalue weighted by Crippen LogP contribution is 2.23. The molecule has 2 N–H and O–H groups in total. The lowest BCUT2D eigenvalue weighted by Crippen LogP contribution is -2.28. The van der Waals surface area contributed by atoms with Gasteiger partial charge in [-0.1, -0.05) is 23.7 Å². The summed E-state index contributed by atoms with van der Waals surface area (Å²) in [5.41, 5.74) is 1.81. The van der Waals surface area contributed by atoms with Gasteiger partial charge in [0.05, 0.1) is 25.7 Å². The fourth-order valence-electron chi connectivity index (χ4n) is 2.30. The Bertz CT molecular complexity index is 763. The lowest BCUT2D eigenvalue weighted by molar-refractivity contribution is -0.120. The van der Waals surface area contributed by atoms with Crippen LogP contribution in [0.25, 0.3) is 0 Å². The van der Waals surface area contributed by atoms with Crippen LogP contribution in [-0.4, -0.2) is 39.2 Å². The fraction of sp³-hybridized carbons (Fsp3) is 0.263. The summed E-state index contributed by atoms with van der Waals surface area (Å²) in [6.45, 7) is 0.953. The maximum atomic E-state index is 12.4. The zero-order valence-corrected chi connectivity index (χ0v) is 15.4. The predicted octanol–water partition coefficient (Wildman–Crippen LogP) is 2.91. The molecule has 0 fully saturated rings. The summed E-state index contributed by atoms with van der Waals surface area (Å²) in [6.07, 6.45) is 0.264. The summed E-state index contributed by atoms with van der Waals surface area (Å²) < 4.78 is 10.1. The summed E-state index contributed by atoms with van der Waals surface area (Å²) in [4.78, 5) is 24.2. The molecule has 7 heteroatoms. The number of carbonyl (C=O) groups excluding carboxylic acids is 2. The van der Waals surface area contributed by atoms with Crippen LogP contribution in [0.2, 0.25) is 5.02 Å². The number of nitrogens with one attached hydrogen (secondary N) is 2. The molecule has 138 valence electrons. The molecule has 0 atom stereocenters. The molecule has 26 heavy (non-hydrogen) atoms. The topological polar surface area (TPSA) is 76.7 Å². The Balaban J connectivity index is 1.97. The first kappa shape index (κ1) is 19.8. The van der Waals surface area contributed by atoms with Gasteiger partial charge in [0.15, 0.2) is 0 Å². The number of hydrogen-bond acceptors (Lipinski definition) is 4. The average Bonchev–Trinajstić information content (AvgIpc) is 2.63. The quantitative estimate of drug-likeness (QED) is 0.694. The summed E-state index contributed by atoms with van der Waals surface area (Å²) in [5.74, 6) is 0.0353. The summed E-state index contributed by atoms with van der Waals surface area (Å²) in [6, 6.07) is 11.9. The van der Waals surface area contributed by atoms with Crippen molar-refractivity contribution in [2.45, 2.75) is 6.42 Å². The van der Waals surface area contributed by atoms with Crippen molar-refractivity contribution in [3.8, 4) is 5.75 Å². The van der Waals surface area contributed by atoms with Crippen molar-refractivity contribution in [1.29, 1.82) is 0 Å². The molecule has 0 aromatic heterocycles. The van der Waals surface area contributed by atoms with Gasteiger partial charge in [-0.15, -0.1) is 0 Å². The molecular weight excluding hydrogens is 356 g/mol. The number of halogens is 1. The number of rotatable bonds is 8. The first-order chi connectivity index (χ1) is 12.5. The third kappa shape index (κ3) is 5.75. The Morgan fingerprint density at radius 2 is 1.81 bits per heavy atom. The van der Waals surface area contributed by atoms with E-state index >= 15 is 0 Å². The second-order valence-corrected chi connectivity index (χ2v) is 5.95. The Morgan fingerprint density at radius 1 is 1.08 bits per heavy atom. The van der Waals surface area contributed by atoms with Gasteiger partial charge < -0.3 is 20.1 Å². The van der Waals surface area contributed by atoms with Gasteiger partial charge in [-0.25, -0.2) is 0 Å². The molecule has 0 radical (unpaired) electrons. The number of amides is 2. The standard InChI is InChI=1S/C19H21ClN2O4/c1-25-10-9-21-18(23)11-13-3-6-15(7-4-13)22-19(24)16-12-14(20)5-8-17(16)26-2/h3-8,12H,9-11H2,1-2H3,(H,21,23)(H,22,24). The zero-order chi connectivity index (χ0) is 18.9. The normalized spacial score (nSPS) is 10.3. The van der Waals surface area contributed by atoms with Gasteiger partial charge in [0.2, 0.25) is 5.91 Å². The number of benzene rings is 2. The summed E-state index contributed by atoms with van der Waals surface area (Å²) >= 11 is 5.95. The lowest BCUT2D eigenvalue weighted by Gasteiger charge is -2.10. The van der Waals surface area contributed by atoms with E-state index in [1.807, 2.05) is 0 Å². The minimum absolute atomic E-state index is 0.0810. The second kappa shape index (κ2) is 9.79.